The van der Waals surface area contributed by atoms with Crippen LogP contribution >= 0.6 is 46.3 Å². The molecule has 1 amide bonds. The van der Waals surface area contributed by atoms with Crippen LogP contribution in [0.25, 0.3) is 0 Å². The van der Waals surface area contributed by atoms with Crippen LogP contribution in [0.5, 0.6) is 0 Å². The Hall–Kier alpha value is -0.820. The van der Waals surface area contributed by atoms with Crippen molar-refractivity contribution in [2.24, 2.45) is 0 Å². The van der Waals surface area contributed by atoms with E-state index in [9.17, 15) is 4.79 Å². The normalized spacial score (nSPS) is 12.2. The Kier molecular flexibility index (Phi) is 5.04. The van der Waals surface area contributed by atoms with Crippen molar-refractivity contribution in [2.75, 3.05) is 5.32 Å². The van der Waals surface area contributed by atoms with E-state index in [1.807, 2.05) is 0 Å². The molecular weight excluding hydrogens is 325 g/mol. The van der Waals surface area contributed by atoms with Gasteiger partial charge < -0.3 is 5.32 Å². The van der Waals surface area contributed by atoms with Crippen molar-refractivity contribution < 1.29 is 4.79 Å². The van der Waals surface area contributed by atoms with Crippen molar-refractivity contribution in [1.82, 2.24) is 10.2 Å². The largest absolute Gasteiger partial charge is 0.324 e. The summed E-state index contributed by atoms with van der Waals surface area (Å²) in [6.45, 7) is 1.79. The first kappa shape index (κ1) is 14.6. The van der Waals surface area contributed by atoms with Crippen LogP contribution in [-0.4, -0.2) is 21.4 Å². The molecule has 1 aromatic carbocycles. The fourth-order valence-corrected chi connectivity index (χ4v) is 3.23. The van der Waals surface area contributed by atoms with E-state index in [0.717, 1.165) is 4.34 Å². The summed E-state index contributed by atoms with van der Waals surface area (Å²) < 4.78 is 0.750. The highest BCUT2D eigenvalue weighted by atomic mass is 35.5. The maximum atomic E-state index is 12.0. The van der Waals surface area contributed by atoms with Crippen LogP contribution in [0.15, 0.2) is 28.0 Å². The molecule has 0 aliphatic carbocycles. The van der Waals surface area contributed by atoms with Crippen molar-refractivity contribution in [2.45, 2.75) is 16.5 Å². The minimum Gasteiger partial charge on any atom is -0.324 e. The van der Waals surface area contributed by atoms with Crippen LogP contribution in [0.4, 0.5) is 5.69 Å². The third-order valence-corrected chi connectivity index (χ3v) is 4.93. The van der Waals surface area contributed by atoms with E-state index in [-0.39, 0.29) is 11.2 Å². The van der Waals surface area contributed by atoms with Crippen molar-refractivity contribution in [3.8, 4) is 0 Å². The monoisotopic (exact) mass is 333 g/mol. The lowest BCUT2D eigenvalue weighted by molar-refractivity contribution is -0.115. The van der Waals surface area contributed by atoms with Gasteiger partial charge in [-0.05, 0) is 19.1 Å². The lowest BCUT2D eigenvalue weighted by Crippen LogP contribution is -2.22. The molecule has 1 atom stereocenters. The lowest BCUT2D eigenvalue weighted by Gasteiger charge is -2.11. The van der Waals surface area contributed by atoms with Crippen LogP contribution in [-0.2, 0) is 4.79 Å². The van der Waals surface area contributed by atoms with Crippen LogP contribution in [0.1, 0.15) is 6.92 Å². The zero-order chi connectivity index (χ0) is 13.8. The van der Waals surface area contributed by atoms with Gasteiger partial charge in [-0.2, -0.15) is 0 Å². The molecule has 0 spiro atoms. The molecule has 0 unspecified atom stereocenters. The molecule has 19 heavy (non-hydrogen) atoms. The van der Waals surface area contributed by atoms with Crippen molar-refractivity contribution >= 4 is 57.9 Å². The second kappa shape index (κ2) is 6.56. The number of carbonyl (C=O) groups excluding carboxylic acids is 1. The summed E-state index contributed by atoms with van der Waals surface area (Å²) in [7, 11) is 0. The Morgan fingerprint density at radius 2 is 2.26 bits per heavy atom. The molecule has 1 heterocycles. The fraction of sp³-hybridized carbons (Fsp3) is 0.182. The van der Waals surface area contributed by atoms with Gasteiger partial charge in [0, 0.05) is 0 Å². The molecule has 0 saturated heterocycles. The van der Waals surface area contributed by atoms with E-state index < -0.39 is 0 Å². The van der Waals surface area contributed by atoms with Crippen LogP contribution < -0.4 is 5.32 Å². The highest BCUT2D eigenvalue weighted by molar-refractivity contribution is 8.02. The number of carbonyl (C=O) groups is 1. The Labute approximate surface area is 128 Å². The topological polar surface area (TPSA) is 54.9 Å². The number of rotatable bonds is 4. The number of halogens is 2. The Bertz CT molecular complexity index is 577. The maximum Gasteiger partial charge on any atom is 0.237 e. The molecule has 0 radical (unpaired) electrons. The Morgan fingerprint density at radius 3 is 2.95 bits per heavy atom. The molecule has 2 rings (SSSR count). The summed E-state index contributed by atoms with van der Waals surface area (Å²) in [5.41, 5.74) is 2.13. The van der Waals surface area contributed by atoms with Gasteiger partial charge in [-0.3, -0.25) is 4.79 Å². The van der Waals surface area contributed by atoms with Gasteiger partial charge in [0.05, 0.1) is 21.0 Å². The van der Waals surface area contributed by atoms with Crippen LogP contribution in [0.3, 0.4) is 0 Å². The van der Waals surface area contributed by atoms with Gasteiger partial charge in [-0.25, -0.2) is 0 Å². The predicted molar refractivity (Wildman–Crippen MR) is 80.3 cm³/mol. The summed E-state index contributed by atoms with van der Waals surface area (Å²) >= 11 is 14.6. The van der Waals surface area contributed by atoms with Gasteiger partial charge in [-0.1, -0.05) is 52.4 Å². The van der Waals surface area contributed by atoms with Gasteiger partial charge in [-0.15, -0.1) is 10.2 Å². The molecular formula is C11H9Cl2N3OS2. The van der Waals surface area contributed by atoms with Crippen molar-refractivity contribution in [1.29, 1.82) is 0 Å². The van der Waals surface area contributed by atoms with Gasteiger partial charge in [0.25, 0.3) is 0 Å². The highest BCUT2D eigenvalue weighted by Gasteiger charge is 2.17. The summed E-state index contributed by atoms with van der Waals surface area (Å²) in [5.74, 6) is -0.163. The molecule has 0 aliphatic rings. The summed E-state index contributed by atoms with van der Waals surface area (Å²) in [4.78, 5) is 12.0. The standard InChI is InChI=1S/C11H9Cl2N3OS2/c1-6(19-11-16-14-5-18-11)10(17)15-8-4-2-3-7(12)9(8)13/h2-6H,1H3,(H,15,17)/t6-/m1/s1. The second-order valence-electron chi connectivity index (χ2n) is 3.56. The molecule has 0 saturated carbocycles. The number of nitrogens with zero attached hydrogens (tertiary/aromatic N) is 2. The van der Waals surface area contributed by atoms with Gasteiger partial charge >= 0.3 is 0 Å². The Morgan fingerprint density at radius 1 is 1.47 bits per heavy atom. The van der Waals surface area contributed by atoms with E-state index in [4.69, 9.17) is 23.2 Å². The van der Waals surface area contributed by atoms with E-state index in [0.29, 0.717) is 15.7 Å². The van der Waals surface area contributed by atoms with Crippen LogP contribution in [0.2, 0.25) is 10.0 Å². The molecule has 0 aliphatic heterocycles. The Balaban J connectivity index is 2.02. The van der Waals surface area contributed by atoms with E-state index in [1.165, 1.54) is 23.1 Å². The average Bonchev–Trinajstić information content (AvgIpc) is 2.87. The molecule has 2 aromatic rings. The first-order valence-electron chi connectivity index (χ1n) is 5.25. The minimum atomic E-state index is -0.303. The summed E-state index contributed by atoms with van der Waals surface area (Å²) in [6.07, 6.45) is 0. The molecule has 0 fully saturated rings. The third kappa shape index (κ3) is 3.82. The van der Waals surface area contributed by atoms with Crippen molar-refractivity contribution in [3.05, 3.63) is 33.8 Å². The number of benzene rings is 1. The first-order chi connectivity index (χ1) is 9.08. The minimum absolute atomic E-state index is 0.163. The SMILES string of the molecule is C[C@@H](Sc1nncs1)C(=O)Nc1cccc(Cl)c1Cl. The van der Waals surface area contributed by atoms with Gasteiger partial charge in [0.15, 0.2) is 4.34 Å². The fourth-order valence-electron chi connectivity index (χ4n) is 1.25. The van der Waals surface area contributed by atoms with Crippen LogP contribution in [0, 0.1) is 0 Å². The van der Waals surface area contributed by atoms with Crippen molar-refractivity contribution in [3.63, 3.8) is 0 Å². The maximum absolute atomic E-state index is 12.0. The molecule has 1 N–H and O–H groups in total. The summed E-state index contributed by atoms with van der Waals surface area (Å²) in [5, 5.41) is 10.8. The number of amides is 1. The van der Waals surface area contributed by atoms with E-state index in [2.05, 4.69) is 15.5 Å². The molecule has 1 aromatic heterocycles. The number of thioether (sulfide) groups is 1. The highest BCUT2D eigenvalue weighted by Crippen LogP contribution is 2.31. The summed E-state index contributed by atoms with van der Waals surface area (Å²) in [6, 6.07) is 5.10. The number of nitrogens with one attached hydrogen (secondary N) is 1. The lowest BCUT2D eigenvalue weighted by atomic mass is 10.3. The molecule has 0 bridgehead atoms. The smallest absolute Gasteiger partial charge is 0.237 e. The third-order valence-electron chi connectivity index (χ3n) is 2.20. The second-order valence-corrected chi connectivity index (χ2v) is 6.76. The van der Waals surface area contributed by atoms with Gasteiger partial charge in [0.1, 0.15) is 5.51 Å². The zero-order valence-electron chi connectivity index (χ0n) is 9.76. The molecule has 4 nitrogen and oxygen atoms in total. The zero-order valence-corrected chi connectivity index (χ0v) is 12.9. The number of aromatic nitrogens is 2. The van der Waals surface area contributed by atoms with E-state index >= 15 is 0 Å². The van der Waals surface area contributed by atoms with E-state index in [1.54, 1.807) is 30.6 Å². The predicted octanol–water partition coefficient (Wildman–Crippen LogP) is 3.96. The number of hydrogen-bond acceptors (Lipinski definition) is 5. The number of hydrogen-bond donors (Lipinski definition) is 1. The van der Waals surface area contributed by atoms with Gasteiger partial charge in [0.2, 0.25) is 5.91 Å². The molecule has 100 valence electrons. The molecule has 8 heteroatoms. The first-order valence-corrected chi connectivity index (χ1v) is 7.77. The number of anilines is 1. The quantitative estimate of drug-likeness (QED) is 0.860. The average molecular weight is 334 g/mol.